The smallest absolute Gasteiger partial charge is 0.387 e. The van der Waals surface area contributed by atoms with Gasteiger partial charge in [0.15, 0.2) is 0 Å². The molecule has 0 radical (unpaired) electrons. The average Bonchev–Trinajstić information content (AvgIpc) is 3.16. The lowest BCUT2D eigenvalue weighted by atomic mass is 10.1. The fraction of sp³-hybridized carbons (Fsp3) is 0.333. The summed E-state index contributed by atoms with van der Waals surface area (Å²) in [5.74, 6) is 0.470. The molecule has 1 aliphatic heterocycles. The van der Waals surface area contributed by atoms with Crippen molar-refractivity contribution < 1.29 is 23.4 Å². The van der Waals surface area contributed by atoms with E-state index in [2.05, 4.69) is 20.0 Å². The number of alkyl halides is 2. The molecule has 39 heavy (non-hydrogen) atoms. The highest BCUT2D eigenvalue weighted by molar-refractivity contribution is 5.84. The summed E-state index contributed by atoms with van der Waals surface area (Å²) in [4.78, 5) is 35.4. The van der Waals surface area contributed by atoms with Crippen LogP contribution in [-0.2, 0) is 25.0 Å². The van der Waals surface area contributed by atoms with Crippen LogP contribution in [-0.4, -0.2) is 61.5 Å². The number of hydrogen-bond donors (Lipinski definition) is 2. The summed E-state index contributed by atoms with van der Waals surface area (Å²) < 4.78 is 33.8. The lowest BCUT2D eigenvalue weighted by Gasteiger charge is -2.29. The summed E-state index contributed by atoms with van der Waals surface area (Å²) in [6.07, 6.45) is 4.52. The van der Waals surface area contributed by atoms with Crippen molar-refractivity contribution in [1.29, 1.82) is 0 Å². The lowest BCUT2D eigenvalue weighted by Crippen LogP contribution is -2.41. The first-order valence-corrected chi connectivity index (χ1v) is 12.4. The molecule has 1 saturated heterocycles. The summed E-state index contributed by atoms with van der Waals surface area (Å²) in [5.41, 5.74) is 2.75. The zero-order chi connectivity index (χ0) is 27.7. The number of carbonyl (C=O) groups excluding carboxylic acids is 1. The molecule has 10 nitrogen and oxygen atoms in total. The van der Waals surface area contributed by atoms with Crippen molar-refractivity contribution in [3.63, 3.8) is 0 Å². The van der Waals surface area contributed by atoms with Crippen molar-refractivity contribution in [1.82, 2.24) is 24.2 Å². The number of halogens is 2. The quantitative estimate of drug-likeness (QED) is 0.355. The molecular weight excluding hydrogens is 510 g/mol. The minimum atomic E-state index is -3.02. The molecule has 1 fully saturated rings. The van der Waals surface area contributed by atoms with Gasteiger partial charge in [-0.05, 0) is 41.8 Å². The van der Waals surface area contributed by atoms with Crippen molar-refractivity contribution in [2.45, 2.75) is 38.6 Å². The second-order valence-electron chi connectivity index (χ2n) is 9.54. The number of nitrogens with one attached hydrogen (secondary N) is 1. The Hall–Kier alpha value is -4.32. The standard InChI is InChI=1S/C27H28F2N6O4/c1-33-8-7-20(11-24(33)37)32-27-30-12-19(13-31-27)17-4-5-21-22(10-17)35(34(2)25(21)38)14-18-9-16(15-36)3-6-23(18)39-26(28)29/h3-6,9-10,12-13,20,26,36H,7-8,11,14-15H2,1-2H3,(H,30,31,32)/t20-/m1/s1. The molecule has 0 aliphatic carbocycles. The fourth-order valence-corrected chi connectivity index (χ4v) is 4.77. The van der Waals surface area contributed by atoms with Crippen LogP contribution in [0.15, 0.2) is 53.6 Å². The van der Waals surface area contributed by atoms with Crippen LogP contribution in [0.5, 0.6) is 5.75 Å². The van der Waals surface area contributed by atoms with Gasteiger partial charge >= 0.3 is 6.61 Å². The normalized spacial score (nSPS) is 15.8. The molecule has 0 saturated carbocycles. The first-order chi connectivity index (χ1) is 18.7. The molecular formula is C27H28F2N6O4. The zero-order valence-corrected chi connectivity index (χ0v) is 21.5. The van der Waals surface area contributed by atoms with Crippen molar-refractivity contribution >= 4 is 22.8 Å². The SMILES string of the molecule is CN1CC[C@@H](Nc2ncc(-c3ccc4c(=O)n(C)n(Cc5cc(CO)ccc5OC(F)F)c4c3)cn2)CC1=O. The van der Waals surface area contributed by atoms with Crippen LogP contribution < -0.4 is 15.6 Å². The molecule has 204 valence electrons. The van der Waals surface area contributed by atoms with E-state index in [4.69, 9.17) is 0 Å². The van der Waals surface area contributed by atoms with Gasteiger partial charge in [0.1, 0.15) is 5.75 Å². The van der Waals surface area contributed by atoms with Crippen LogP contribution in [0.2, 0.25) is 0 Å². The van der Waals surface area contributed by atoms with Crippen molar-refractivity contribution in [3.05, 3.63) is 70.3 Å². The van der Waals surface area contributed by atoms with Gasteiger partial charge in [0.2, 0.25) is 11.9 Å². The number of nitrogens with zero attached hydrogens (tertiary/aromatic N) is 5. The highest BCUT2D eigenvalue weighted by Gasteiger charge is 2.23. The van der Waals surface area contributed by atoms with Gasteiger partial charge in [-0.2, -0.15) is 8.78 Å². The minimum Gasteiger partial charge on any atom is -0.434 e. The van der Waals surface area contributed by atoms with Crippen LogP contribution in [0, 0.1) is 0 Å². The molecule has 3 heterocycles. The Morgan fingerprint density at radius 3 is 2.56 bits per heavy atom. The molecule has 0 unspecified atom stereocenters. The van der Waals surface area contributed by atoms with Crippen LogP contribution in [0.4, 0.5) is 14.7 Å². The second-order valence-corrected chi connectivity index (χ2v) is 9.54. The van der Waals surface area contributed by atoms with Crippen molar-refractivity contribution in [2.75, 3.05) is 18.9 Å². The maximum Gasteiger partial charge on any atom is 0.387 e. The van der Waals surface area contributed by atoms with Crippen LogP contribution >= 0.6 is 0 Å². The van der Waals surface area contributed by atoms with E-state index in [1.807, 2.05) is 6.07 Å². The van der Waals surface area contributed by atoms with E-state index in [-0.39, 0.29) is 36.4 Å². The molecule has 0 spiro atoms. The van der Waals surface area contributed by atoms with Gasteiger partial charge in [-0.3, -0.25) is 19.0 Å². The van der Waals surface area contributed by atoms with E-state index in [0.29, 0.717) is 46.5 Å². The topological polar surface area (TPSA) is 115 Å². The lowest BCUT2D eigenvalue weighted by molar-refractivity contribution is -0.132. The number of piperidine rings is 1. The third-order valence-electron chi connectivity index (χ3n) is 6.98. The highest BCUT2D eigenvalue weighted by atomic mass is 19.3. The van der Waals surface area contributed by atoms with E-state index in [0.717, 1.165) is 12.0 Å². The molecule has 2 aromatic carbocycles. The van der Waals surface area contributed by atoms with Crippen LogP contribution in [0.1, 0.15) is 24.0 Å². The number of fused-ring (bicyclic) bond motifs is 1. The number of amides is 1. The van der Waals surface area contributed by atoms with Gasteiger partial charge in [-0.25, -0.2) is 9.97 Å². The monoisotopic (exact) mass is 538 g/mol. The first-order valence-electron chi connectivity index (χ1n) is 12.4. The number of aliphatic hydroxyl groups is 1. The number of likely N-dealkylation sites (tertiary alicyclic amines) is 1. The van der Waals surface area contributed by atoms with Gasteiger partial charge in [0.25, 0.3) is 5.56 Å². The van der Waals surface area contributed by atoms with Gasteiger partial charge in [0, 0.05) is 56.6 Å². The zero-order valence-electron chi connectivity index (χ0n) is 21.5. The van der Waals surface area contributed by atoms with Crippen molar-refractivity contribution in [2.24, 2.45) is 7.05 Å². The number of carbonyl (C=O) groups is 1. The van der Waals surface area contributed by atoms with E-state index in [9.17, 15) is 23.5 Å². The Balaban J connectivity index is 1.44. The van der Waals surface area contributed by atoms with Crippen LogP contribution in [0.25, 0.3) is 22.0 Å². The molecule has 12 heteroatoms. The van der Waals surface area contributed by atoms with E-state index >= 15 is 0 Å². The fourth-order valence-electron chi connectivity index (χ4n) is 4.77. The van der Waals surface area contributed by atoms with Gasteiger partial charge < -0.3 is 20.1 Å². The average molecular weight is 539 g/mol. The molecule has 2 N–H and O–H groups in total. The molecule has 5 rings (SSSR count). The number of anilines is 1. The number of ether oxygens (including phenoxy) is 1. The molecule has 4 aromatic rings. The largest absolute Gasteiger partial charge is 0.434 e. The van der Waals surface area contributed by atoms with E-state index in [1.165, 1.54) is 16.8 Å². The summed E-state index contributed by atoms with van der Waals surface area (Å²) >= 11 is 0. The summed E-state index contributed by atoms with van der Waals surface area (Å²) in [5, 5.41) is 13.2. The molecule has 0 bridgehead atoms. The third-order valence-corrected chi connectivity index (χ3v) is 6.98. The number of aliphatic hydroxyl groups excluding tert-OH is 1. The highest BCUT2D eigenvalue weighted by Crippen LogP contribution is 2.27. The van der Waals surface area contributed by atoms with Crippen LogP contribution in [0.3, 0.4) is 0 Å². The summed E-state index contributed by atoms with van der Waals surface area (Å²) in [6.45, 7) is -2.55. The van der Waals surface area contributed by atoms with Crippen molar-refractivity contribution in [3.8, 4) is 16.9 Å². The minimum absolute atomic E-state index is 0.0297. The molecule has 1 amide bonds. The molecule has 2 aromatic heterocycles. The Kier molecular flexibility index (Phi) is 7.29. The number of rotatable bonds is 8. The summed E-state index contributed by atoms with van der Waals surface area (Å²) in [6, 6.07) is 9.77. The Labute approximate surface area is 222 Å². The van der Waals surface area contributed by atoms with Gasteiger partial charge in [0.05, 0.1) is 24.1 Å². The van der Waals surface area contributed by atoms with E-state index < -0.39 is 6.61 Å². The number of hydrogen-bond acceptors (Lipinski definition) is 7. The number of aromatic nitrogens is 4. The Morgan fingerprint density at radius 1 is 1.10 bits per heavy atom. The Morgan fingerprint density at radius 2 is 1.87 bits per heavy atom. The summed E-state index contributed by atoms with van der Waals surface area (Å²) in [7, 11) is 3.39. The molecule has 1 atom stereocenters. The predicted octanol–water partition coefficient (Wildman–Crippen LogP) is 2.97. The second kappa shape index (κ2) is 10.8. The number of benzene rings is 2. The van der Waals surface area contributed by atoms with Gasteiger partial charge in [-0.1, -0.05) is 12.1 Å². The predicted molar refractivity (Wildman–Crippen MR) is 141 cm³/mol. The molecule has 1 aliphatic rings. The first kappa shape index (κ1) is 26.3. The third kappa shape index (κ3) is 5.46. The Bertz CT molecular complexity index is 1570. The maximum absolute atomic E-state index is 13.0. The van der Waals surface area contributed by atoms with E-state index in [1.54, 1.807) is 54.3 Å². The maximum atomic E-state index is 13.0. The van der Waals surface area contributed by atoms with Gasteiger partial charge in [-0.15, -0.1) is 0 Å².